The van der Waals surface area contributed by atoms with Crippen molar-refractivity contribution in [2.75, 3.05) is 11.9 Å². The third kappa shape index (κ3) is 3.66. The van der Waals surface area contributed by atoms with Gasteiger partial charge in [0.1, 0.15) is 5.69 Å². The van der Waals surface area contributed by atoms with Gasteiger partial charge in [-0.05, 0) is 24.6 Å². The molecule has 0 amide bonds. The van der Waals surface area contributed by atoms with Gasteiger partial charge in [-0.2, -0.15) is 13.2 Å². The van der Waals surface area contributed by atoms with Crippen LogP contribution in [0.15, 0.2) is 30.6 Å². The molecule has 2 heterocycles. The summed E-state index contributed by atoms with van der Waals surface area (Å²) in [5.74, 6) is -0.0128. The number of rotatable bonds is 4. The molecular weight excluding hydrogens is 269 g/mol. The monoisotopic (exact) mass is 282 g/mol. The Kier molecular flexibility index (Phi) is 4.16. The fourth-order valence-corrected chi connectivity index (χ4v) is 1.68. The summed E-state index contributed by atoms with van der Waals surface area (Å²) in [6.07, 6.45) is -1.01. The molecule has 4 nitrogen and oxygen atoms in total. The Labute approximate surface area is 114 Å². The first-order valence-corrected chi connectivity index (χ1v) is 6.07. The van der Waals surface area contributed by atoms with Crippen LogP contribution in [0.3, 0.4) is 0 Å². The number of pyridine rings is 1. The number of halogens is 3. The van der Waals surface area contributed by atoms with Crippen molar-refractivity contribution in [3.8, 4) is 0 Å². The molecule has 0 aliphatic rings. The van der Waals surface area contributed by atoms with E-state index in [0.29, 0.717) is 12.2 Å². The largest absolute Gasteiger partial charge is 0.433 e. The molecule has 106 valence electrons. The highest BCUT2D eigenvalue weighted by Gasteiger charge is 2.33. The zero-order valence-electron chi connectivity index (χ0n) is 10.8. The lowest BCUT2D eigenvalue weighted by atomic mass is 10.1. The van der Waals surface area contributed by atoms with Crippen LogP contribution in [0.4, 0.5) is 19.1 Å². The minimum atomic E-state index is -4.49. The lowest BCUT2D eigenvalue weighted by molar-refractivity contribution is -0.141. The van der Waals surface area contributed by atoms with Crippen LogP contribution in [0.1, 0.15) is 23.9 Å². The molecule has 2 aromatic rings. The summed E-state index contributed by atoms with van der Waals surface area (Å²) in [5.41, 5.74) is 0.153. The van der Waals surface area contributed by atoms with Crippen molar-refractivity contribution in [3.05, 3.63) is 47.5 Å². The van der Waals surface area contributed by atoms with Gasteiger partial charge >= 0.3 is 6.18 Å². The quantitative estimate of drug-likeness (QED) is 0.936. The summed E-state index contributed by atoms with van der Waals surface area (Å²) < 4.78 is 38.4. The lowest BCUT2D eigenvalue weighted by Crippen LogP contribution is -2.13. The third-order valence-corrected chi connectivity index (χ3v) is 2.51. The van der Waals surface area contributed by atoms with Crippen molar-refractivity contribution in [3.63, 3.8) is 0 Å². The lowest BCUT2D eigenvalue weighted by Gasteiger charge is -2.11. The maximum atomic E-state index is 12.8. The number of aromatic nitrogens is 3. The normalized spacial score (nSPS) is 11.4. The van der Waals surface area contributed by atoms with Crippen LogP contribution in [0.5, 0.6) is 0 Å². The van der Waals surface area contributed by atoms with Gasteiger partial charge in [0.25, 0.3) is 0 Å². The van der Waals surface area contributed by atoms with Crippen molar-refractivity contribution in [2.24, 2.45) is 0 Å². The van der Waals surface area contributed by atoms with Gasteiger partial charge in [0, 0.05) is 25.4 Å². The molecular formula is C13H13F3N4. The molecule has 0 aliphatic carbocycles. The van der Waals surface area contributed by atoms with Gasteiger partial charge in [0.15, 0.2) is 0 Å². The number of nitrogens with one attached hydrogen (secondary N) is 1. The topological polar surface area (TPSA) is 50.7 Å². The second kappa shape index (κ2) is 5.85. The first-order chi connectivity index (χ1) is 9.49. The highest BCUT2D eigenvalue weighted by atomic mass is 19.4. The molecule has 0 radical (unpaired) electrons. The molecule has 1 N–H and O–H groups in total. The first kappa shape index (κ1) is 14.2. The van der Waals surface area contributed by atoms with Crippen LogP contribution >= 0.6 is 0 Å². The zero-order valence-corrected chi connectivity index (χ0v) is 10.8. The maximum Gasteiger partial charge on any atom is 0.433 e. The number of alkyl halides is 3. The Hall–Kier alpha value is -2.18. The van der Waals surface area contributed by atoms with E-state index >= 15 is 0 Å². The van der Waals surface area contributed by atoms with E-state index in [1.807, 2.05) is 0 Å². The number of nitrogens with zero attached hydrogens (tertiary/aromatic N) is 3. The highest BCUT2D eigenvalue weighted by Crippen LogP contribution is 2.29. The standard InChI is InChI=1S/C13H13F3N4/c1-2-18-12-19-10(6-9-4-3-5-17-8-9)7-11(20-12)13(14,15)16/h3-5,7-8H,2,6H2,1H3,(H,18,19,20). The van der Waals surface area contributed by atoms with E-state index in [9.17, 15) is 13.2 Å². The molecule has 0 saturated carbocycles. The van der Waals surface area contributed by atoms with Gasteiger partial charge in [0.2, 0.25) is 5.95 Å². The van der Waals surface area contributed by atoms with Gasteiger partial charge in [-0.3, -0.25) is 4.98 Å². The predicted molar refractivity (Wildman–Crippen MR) is 68.2 cm³/mol. The molecule has 0 fully saturated rings. The van der Waals surface area contributed by atoms with E-state index in [4.69, 9.17) is 0 Å². The smallest absolute Gasteiger partial charge is 0.354 e. The van der Waals surface area contributed by atoms with Gasteiger partial charge in [-0.15, -0.1) is 0 Å². The Morgan fingerprint density at radius 2 is 2.05 bits per heavy atom. The SMILES string of the molecule is CCNc1nc(Cc2cccnc2)cc(C(F)(F)F)n1. The zero-order chi connectivity index (χ0) is 14.6. The Balaban J connectivity index is 2.34. The van der Waals surface area contributed by atoms with Crippen LogP contribution in [0, 0.1) is 0 Å². The molecule has 20 heavy (non-hydrogen) atoms. The predicted octanol–water partition coefficient (Wildman–Crippen LogP) is 2.91. The Morgan fingerprint density at radius 3 is 2.65 bits per heavy atom. The van der Waals surface area contributed by atoms with Gasteiger partial charge in [-0.1, -0.05) is 6.07 Å². The highest BCUT2D eigenvalue weighted by molar-refractivity contribution is 5.31. The van der Waals surface area contributed by atoms with E-state index in [0.717, 1.165) is 11.6 Å². The fourth-order valence-electron chi connectivity index (χ4n) is 1.68. The van der Waals surface area contributed by atoms with Gasteiger partial charge < -0.3 is 5.32 Å². The van der Waals surface area contributed by atoms with Crippen LogP contribution in [-0.4, -0.2) is 21.5 Å². The van der Waals surface area contributed by atoms with Gasteiger partial charge in [0.05, 0.1) is 5.69 Å². The number of anilines is 1. The Morgan fingerprint density at radius 1 is 1.25 bits per heavy atom. The summed E-state index contributed by atoms with van der Waals surface area (Å²) in [6.45, 7) is 2.22. The number of hydrogen-bond donors (Lipinski definition) is 1. The first-order valence-electron chi connectivity index (χ1n) is 6.07. The molecule has 2 aromatic heterocycles. The fraction of sp³-hybridized carbons (Fsp3) is 0.308. The Bertz CT molecular complexity index is 570. The number of hydrogen-bond acceptors (Lipinski definition) is 4. The molecule has 0 unspecified atom stereocenters. The molecule has 0 saturated heterocycles. The molecule has 0 spiro atoms. The van der Waals surface area contributed by atoms with E-state index in [1.165, 1.54) is 0 Å². The van der Waals surface area contributed by atoms with Crippen LogP contribution < -0.4 is 5.32 Å². The van der Waals surface area contributed by atoms with Crippen molar-refractivity contribution < 1.29 is 13.2 Å². The molecule has 0 atom stereocenters. The van der Waals surface area contributed by atoms with Crippen LogP contribution in [0.2, 0.25) is 0 Å². The summed E-state index contributed by atoms with van der Waals surface area (Å²) in [5, 5.41) is 2.71. The van der Waals surface area contributed by atoms with Crippen molar-refractivity contribution in [1.29, 1.82) is 0 Å². The van der Waals surface area contributed by atoms with Crippen molar-refractivity contribution in [2.45, 2.75) is 19.5 Å². The minimum Gasteiger partial charge on any atom is -0.354 e. The maximum absolute atomic E-state index is 12.8. The molecule has 0 bridgehead atoms. The van der Waals surface area contributed by atoms with E-state index in [2.05, 4.69) is 20.3 Å². The average molecular weight is 282 g/mol. The van der Waals surface area contributed by atoms with E-state index < -0.39 is 11.9 Å². The average Bonchev–Trinajstić information content (AvgIpc) is 2.39. The summed E-state index contributed by atoms with van der Waals surface area (Å²) in [4.78, 5) is 11.5. The molecule has 0 aliphatic heterocycles. The van der Waals surface area contributed by atoms with Crippen molar-refractivity contribution >= 4 is 5.95 Å². The van der Waals surface area contributed by atoms with E-state index in [-0.39, 0.29) is 12.4 Å². The van der Waals surface area contributed by atoms with Gasteiger partial charge in [-0.25, -0.2) is 9.97 Å². The second-order valence-electron chi connectivity index (χ2n) is 4.13. The molecule has 2 rings (SSSR count). The summed E-state index contributed by atoms with van der Waals surface area (Å²) >= 11 is 0. The molecule has 0 aromatic carbocycles. The second-order valence-corrected chi connectivity index (χ2v) is 4.13. The summed E-state index contributed by atoms with van der Waals surface area (Å²) in [6, 6.07) is 4.48. The van der Waals surface area contributed by atoms with Crippen LogP contribution in [0.25, 0.3) is 0 Å². The van der Waals surface area contributed by atoms with Crippen molar-refractivity contribution in [1.82, 2.24) is 15.0 Å². The summed E-state index contributed by atoms with van der Waals surface area (Å²) in [7, 11) is 0. The third-order valence-electron chi connectivity index (χ3n) is 2.51. The van der Waals surface area contributed by atoms with Crippen LogP contribution in [-0.2, 0) is 12.6 Å². The molecule has 7 heteroatoms. The van der Waals surface area contributed by atoms with E-state index in [1.54, 1.807) is 31.5 Å². The minimum absolute atomic E-state index is 0.0128.